The zero-order valence-electron chi connectivity index (χ0n) is 14.9. The van der Waals surface area contributed by atoms with Crippen molar-refractivity contribution in [1.82, 2.24) is 19.5 Å². The number of aromatic nitrogens is 4. The Balaban J connectivity index is 1.75. The van der Waals surface area contributed by atoms with Gasteiger partial charge in [0.1, 0.15) is 11.6 Å². The van der Waals surface area contributed by atoms with Gasteiger partial charge in [0.25, 0.3) is 0 Å². The van der Waals surface area contributed by atoms with Crippen molar-refractivity contribution in [3.8, 4) is 0 Å². The first kappa shape index (κ1) is 17.6. The first-order valence-electron chi connectivity index (χ1n) is 8.67. The van der Waals surface area contributed by atoms with E-state index in [2.05, 4.69) is 29.7 Å². The van der Waals surface area contributed by atoms with Gasteiger partial charge < -0.3 is 24.6 Å². The molecule has 2 N–H and O–H groups in total. The highest BCUT2D eigenvalue weighted by molar-refractivity contribution is 5.45. The molecule has 3 heterocycles. The third-order valence-electron chi connectivity index (χ3n) is 4.47. The van der Waals surface area contributed by atoms with Gasteiger partial charge in [0.15, 0.2) is 0 Å². The fourth-order valence-corrected chi connectivity index (χ4v) is 2.88. The molecule has 0 amide bonds. The van der Waals surface area contributed by atoms with Gasteiger partial charge in [-0.15, -0.1) is 0 Å². The van der Waals surface area contributed by atoms with Crippen LogP contribution in [0.15, 0.2) is 18.5 Å². The van der Waals surface area contributed by atoms with Crippen LogP contribution >= 0.6 is 0 Å². The maximum Gasteiger partial charge on any atom is 0.224 e. The number of aliphatic hydroxyl groups is 1. The van der Waals surface area contributed by atoms with Crippen molar-refractivity contribution in [1.29, 1.82) is 0 Å². The average Bonchev–Trinajstić information content (AvgIpc) is 3.29. The molecule has 2 aromatic rings. The fraction of sp³-hybridized carbons (Fsp3) is 0.588. The molecule has 0 aliphatic carbocycles. The molecule has 0 radical (unpaired) electrons. The summed E-state index contributed by atoms with van der Waals surface area (Å²) < 4.78 is 7.62. The zero-order valence-corrected chi connectivity index (χ0v) is 14.9. The summed E-state index contributed by atoms with van der Waals surface area (Å²) in [6.07, 6.45) is 4.78. The lowest BCUT2D eigenvalue weighted by atomic mass is 10.0. The normalized spacial score (nSPS) is 17.0. The van der Waals surface area contributed by atoms with Crippen molar-refractivity contribution in [3.63, 3.8) is 0 Å². The SMILES string of the molecule is Cc1nccn1CCN(C)c1cc(C2CCOC2)nc(NCCO)n1. The molecule has 1 aliphatic heterocycles. The monoisotopic (exact) mass is 346 g/mol. The highest BCUT2D eigenvalue weighted by Gasteiger charge is 2.21. The molecule has 136 valence electrons. The maximum absolute atomic E-state index is 9.05. The van der Waals surface area contributed by atoms with Crippen LogP contribution in [0.1, 0.15) is 23.9 Å². The number of nitrogens with one attached hydrogen (secondary N) is 1. The Bertz CT molecular complexity index is 684. The summed E-state index contributed by atoms with van der Waals surface area (Å²) in [5, 5.41) is 12.1. The van der Waals surface area contributed by atoms with Crippen LogP contribution in [0, 0.1) is 6.92 Å². The van der Waals surface area contributed by atoms with Crippen molar-refractivity contribution in [2.45, 2.75) is 25.8 Å². The lowest BCUT2D eigenvalue weighted by Crippen LogP contribution is -2.25. The summed E-state index contributed by atoms with van der Waals surface area (Å²) in [6.45, 7) is 5.61. The van der Waals surface area contributed by atoms with Crippen molar-refractivity contribution in [2.24, 2.45) is 0 Å². The van der Waals surface area contributed by atoms with Gasteiger partial charge in [-0.1, -0.05) is 0 Å². The van der Waals surface area contributed by atoms with E-state index in [1.165, 1.54) is 0 Å². The van der Waals surface area contributed by atoms with E-state index in [1.54, 1.807) is 0 Å². The van der Waals surface area contributed by atoms with E-state index in [0.29, 0.717) is 25.0 Å². The standard InChI is InChI=1S/C17H26N6O2/c1-13-18-4-6-23(13)8-7-22(2)16-11-15(14-3-10-25-12-14)20-17(21-16)19-5-9-24/h4,6,11,14,24H,3,5,7-10,12H2,1-2H3,(H,19,20,21). The molecule has 0 spiro atoms. The minimum atomic E-state index is 0.0468. The third kappa shape index (κ3) is 4.46. The minimum absolute atomic E-state index is 0.0468. The van der Waals surface area contributed by atoms with Gasteiger partial charge in [0, 0.05) is 57.7 Å². The first-order valence-corrected chi connectivity index (χ1v) is 8.67. The van der Waals surface area contributed by atoms with Gasteiger partial charge in [-0.2, -0.15) is 4.98 Å². The Kier molecular flexibility index (Phi) is 5.83. The molecule has 1 atom stereocenters. The molecule has 2 aromatic heterocycles. The highest BCUT2D eigenvalue weighted by atomic mass is 16.5. The van der Waals surface area contributed by atoms with E-state index >= 15 is 0 Å². The number of aryl methyl sites for hydroxylation is 1. The molecule has 1 aliphatic rings. The second-order valence-corrected chi connectivity index (χ2v) is 6.27. The van der Waals surface area contributed by atoms with Crippen LogP contribution in [-0.4, -0.2) is 64.6 Å². The number of rotatable bonds is 8. The topological polar surface area (TPSA) is 88.3 Å². The van der Waals surface area contributed by atoms with Crippen LogP contribution in [0.5, 0.6) is 0 Å². The van der Waals surface area contributed by atoms with Gasteiger partial charge >= 0.3 is 0 Å². The Morgan fingerprint density at radius 3 is 3.00 bits per heavy atom. The molecular formula is C17H26N6O2. The number of aliphatic hydroxyl groups excluding tert-OH is 1. The Labute approximate surface area is 147 Å². The highest BCUT2D eigenvalue weighted by Crippen LogP contribution is 2.27. The van der Waals surface area contributed by atoms with Gasteiger partial charge in [0.05, 0.1) is 18.9 Å². The van der Waals surface area contributed by atoms with E-state index in [1.807, 2.05) is 32.4 Å². The fourth-order valence-electron chi connectivity index (χ4n) is 2.88. The molecule has 8 nitrogen and oxygen atoms in total. The molecule has 1 unspecified atom stereocenters. The van der Waals surface area contributed by atoms with Crippen molar-refractivity contribution in [2.75, 3.05) is 50.2 Å². The second kappa shape index (κ2) is 8.26. The van der Waals surface area contributed by atoms with Crippen LogP contribution in [-0.2, 0) is 11.3 Å². The Morgan fingerprint density at radius 1 is 1.44 bits per heavy atom. The number of hydrogen-bond acceptors (Lipinski definition) is 7. The second-order valence-electron chi connectivity index (χ2n) is 6.27. The minimum Gasteiger partial charge on any atom is -0.395 e. The number of likely N-dealkylation sites (N-methyl/N-ethyl adjacent to an activating group) is 1. The van der Waals surface area contributed by atoms with Crippen molar-refractivity contribution >= 4 is 11.8 Å². The molecule has 25 heavy (non-hydrogen) atoms. The summed E-state index contributed by atoms with van der Waals surface area (Å²) in [5.74, 6) is 2.74. The van der Waals surface area contributed by atoms with E-state index in [4.69, 9.17) is 9.84 Å². The number of ether oxygens (including phenoxy) is 1. The maximum atomic E-state index is 9.05. The van der Waals surface area contributed by atoms with E-state index < -0.39 is 0 Å². The lowest BCUT2D eigenvalue weighted by Gasteiger charge is -2.21. The van der Waals surface area contributed by atoms with Crippen LogP contribution in [0.25, 0.3) is 0 Å². The average molecular weight is 346 g/mol. The third-order valence-corrected chi connectivity index (χ3v) is 4.47. The largest absolute Gasteiger partial charge is 0.395 e. The number of nitrogens with zero attached hydrogens (tertiary/aromatic N) is 5. The summed E-state index contributed by atoms with van der Waals surface area (Å²) >= 11 is 0. The summed E-state index contributed by atoms with van der Waals surface area (Å²) in [6, 6.07) is 2.05. The number of anilines is 2. The molecule has 1 fully saturated rings. The van der Waals surface area contributed by atoms with Gasteiger partial charge in [0.2, 0.25) is 5.95 Å². The Morgan fingerprint density at radius 2 is 2.32 bits per heavy atom. The van der Waals surface area contributed by atoms with Crippen molar-refractivity contribution in [3.05, 3.63) is 30.0 Å². The van der Waals surface area contributed by atoms with Crippen LogP contribution in [0.3, 0.4) is 0 Å². The van der Waals surface area contributed by atoms with Gasteiger partial charge in [-0.05, 0) is 13.3 Å². The molecule has 3 rings (SSSR count). The van der Waals surface area contributed by atoms with Crippen LogP contribution in [0.4, 0.5) is 11.8 Å². The molecule has 8 heteroatoms. The summed E-state index contributed by atoms with van der Waals surface area (Å²) in [4.78, 5) is 15.6. The number of imidazole rings is 1. The smallest absolute Gasteiger partial charge is 0.224 e. The van der Waals surface area contributed by atoms with Crippen molar-refractivity contribution < 1.29 is 9.84 Å². The predicted octanol–water partition coefficient (Wildman–Crippen LogP) is 1.03. The Hall–Kier alpha value is -2.19. The van der Waals surface area contributed by atoms with Gasteiger partial charge in [-0.25, -0.2) is 9.97 Å². The van der Waals surface area contributed by atoms with E-state index in [9.17, 15) is 0 Å². The predicted molar refractivity (Wildman–Crippen MR) is 96.0 cm³/mol. The molecule has 0 bridgehead atoms. The quantitative estimate of drug-likeness (QED) is 0.738. The summed E-state index contributed by atoms with van der Waals surface area (Å²) in [7, 11) is 2.03. The summed E-state index contributed by atoms with van der Waals surface area (Å²) in [5.41, 5.74) is 0.994. The molecular weight excluding hydrogens is 320 g/mol. The van der Waals surface area contributed by atoms with Gasteiger partial charge in [-0.3, -0.25) is 0 Å². The van der Waals surface area contributed by atoms with E-state index in [0.717, 1.165) is 43.5 Å². The molecule has 0 saturated carbocycles. The lowest BCUT2D eigenvalue weighted by molar-refractivity contribution is 0.193. The molecule has 1 saturated heterocycles. The molecule has 0 aromatic carbocycles. The van der Waals surface area contributed by atoms with Crippen LogP contribution < -0.4 is 10.2 Å². The van der Waals surface area contributed by atoms with Crippen LogP contribution in [0.2, 0.25) is 0 Å². The van der Waals surface area contributed by atoms with E-state index in [-0.39, 0.29) is 6.61 Å². The number of hydrogen-bond donors (Lipinski definition) is 2. The zero-order chi connectivity index (χ0) is 17.6. The first-order chi connectivity index (χ1) is 12.2.